The van der Waals surface area contributed by atoms with Crippen molar-refractivity contribution in [1.29, 1.82) is 0 Å². The fraction of sp³-hybridized carbons (Fsp3) is 0.682. The first-order chi connectivity index (χ1) is 13.2. The molecule has 0 aromatic heterocycles. The van der Waals surface area contributed by atoms with E-state index in [1.165, 1.54) is 32.1 Å². The molecule has 1 saturated carbocycles. The van der Waals surface area contributed by atoms with Gasteiger partial charge in [0.25, 0.3) is 0 Å². The maximum Gasteiger partial charge on any atom is 0.223 e. The molecule has 1 aromatic carbocycles. The van der Waals surface area contributed by atoms with E-state index < -0.39 is 0 Å². The maximum absolute atomic E-state index is 13.0. The Morgan fingerprint density at radius 1 is 1.19 bits per heavy atom. The van der Waals surface area contributed by atoms with Gasteiger partial charge in [0.15, 0.2) is 0 Å². The summed E-state index contributed by atoms with van der Waals surface area (Å²) in [5.74, 6) is 1.94. The number of hydrogen-bond acceptors (Lipinski definition) is 4. The monoisotopic (exact) mass is 374 g/mol. The number of rotatable bonds is 8. The van der Waals surface area contributed by atoms with E-state index in [2.05, 4.69) is 17.1 Å². The predicted octanol–water partition coefficient (Wildman–Crippen LogP) is 3.77. The Bertz CT molecular complexity index is 596. The summed E-state index contributed by atoms with van der Waals surface area (Å²) in [6.07, 6.45) is 8.60. The highest BCUT2D eigenvalue weighted by Crippen LogP contribution is 2.42. The van der Waals surface area contributed by atoms with Crippen LogP contribution in [0.4, 0.5) is 0 Å². The lowest BCUT2D eigenvalue weighted by atomic mass is 9.79. The van der Waals surface area contributed by atoms with Gasteiger partial charge in [-0.3, -0.25) is 4.79 Å². The first kappa shape index (κ1) is 20.0. The van der Waals surface area contributed by atoms with Gasteiger partial charge in [0.1, 0.15) is 11.5 Å². The van der Waals surface area contributed by atoms with Crippen molar-refractivity contribution in [1.82, 2.24) is 10.2 Å². The van der Waals surface area contributed by atoms with Gasteiger partial charge in [-0.2, -0.15) is 0 Å². The Morgan fingerprint density at radius 2 is 1.89 bits per heavy atom. The molecule has 1 spiro atoms. The molecule has 1 aliphatic carbocycles. The zero-order valence-electron chi connectivity index (χ0n) is 16.8. The Kier molecular flexibility index (Phi) is 7.00. The number of methoxy groups -OCH3 is 1. The summed E-state index contributed by atoms with van der Waals surface area (Å²) in [6, 6.07) is 8.03. The van der Waals surface area contributed by atoms with E-state index in [1.54, 1.807) is 7.11 Å². The molecule has 1 aromatic rings. The lowest BCUT2D eigenvalue weighted by Crippen LogP contribution is -2.48. The van der Waals surface area contributed by atoms with Crippen molar-refractivity contribution in [3.8, 4) is 11.5 Å². The number of likely N-dealkylation sites (tertiary alicyclic amines) is 1. The molecule has 5 heteroatoms. The Labute approximate surface area is 163 Å². The molecule has 150 valence electrons. The van der Waals surface area contributed by atoms with E-state index in [1.807, 2.05) is 24.3 Å². The number of likely N-dealkylation sites (N-methyl/N-ethyl adjacent to an activating group) is 1. The van der Waals surface area contributed by atoms with Crippen molar-refractivity contribution >= 4 is 5.91 Å². The SMILES string of the molecule is CCN[C@@H]1CN(C(=O)CCCOc2ccc(OC)cc2)C2(CCCCC2)C1. The third-order valence-corrected chi connectivity index (χ3v) is 6.04. The Morgan fingerprint density at radius 3 is 2.56 bits per heavy atom. The van der Waals surface area contributed by atoms with Gasteiger partial charge in [0.2, 0.25) is 5.91 Å². The van der Waals surface area contributed by atoms with Crippen LogP contribution in [-0.4, -0.2) is 49.2 Å². The summed E-state index contributed by atoms with van der Waals surface area (Å²) in [5.41, 5.74) is 0.110. The molecule has 1 atom stereocenters. The van der Waals surface area contributed by atoms with Gasteiger partial charge in [-0.05, 0) is 56.5 Å². The smallest absolute Gasteiger partial charge is 0.223 e. The van der Waals surface area contributed by atoms with Crippen LogP contribution in [0, 0.1) is 0 Å². The number of benzene rings is 1. The van der Waals surface area contributed by atoms with Crippen LogP contribution in [0.25, 0.3) is 0 Å². The van der Waals surface area contributed by atoms with Crippen molar-refractivity contribution in [2.45, 2.75) is 69.9 Å². The summed E-state index contributed by atoms with van der Waals surface area (Å²) in [7, 11) is 1.65. The summed E-state index contributed by atoms with van der Waals surface area (Å²) in [6.45, 7) is 4.55. The minimum atomic E-state index is 0.110. The van der Waals surface area contributed by atoms with Gasteiger partial charge in [0.05, 0.1) is 13.7 Å². The zero-order chi connectivity index (χ0) is 19.1. The van der Waals surface area contributed by atoms with Crippen molar-refractivity contribution in [2.75, 3.05) is 26.8 Å². The van der Waals surface area contributed by atoms with Crippen molar-refractivity contribution < 1.29 is 14.3 Å². The number of nitrogens with one attached hydrogen (secondary N) is 1. The summed E-state index contributed by atoms with van der Waals surface area (Å²) < 4.78 is 10.9. The van der Waals surface area contributed by atoms with Gasteiger partial charge < -0.3 is 19.7 Å². The van der Waals surface area contributed by atoms with E-state index in [0.717, 1.165) is 37.4 Å². The zero-order valence-corrected chi connectivity index (χ0v) is 16.8. The molecule has 3 rings (SSSR count). The largest absolute Gasteiger partial charge is 0.497 e. The summed E-state index contributed by atoms with van der Waals surface area (Å²) in [5, 5.41) is 3.57. The minimum Gasteiger partial charge on any atom is -0.497 e. The van der Waals surface area contributed by atoms with Crippen LogP contribution >= 0.6 is 0 Å². The normalized spacial score (nSPS) is 21.4. The number of hydrogen-bond donors (Lipinski definition) is 1. The maximum atomic E-state index is 13.0. The first-order valence-electron chi connectivity index (χ1n) is 10.5. The van der Waals surface area contributed by atoms with Gasteiger partial charge in [0, 0.05) is 24.5 Å². The van der Waals surface area contributed by atoms with Crippen molar-refractivity contribution in [3.63, 3.8) is 0 Å². The van der Waals surface area contributed by atoms with E-state index in [-0.39, 0.29) is 5.54 Å². The van der Waals surface area contributed by atoms with E-state index in [0.29, 0.717) is 25.0 Å². The fourth-order valence-electron chi connectivity index (χ4n) is 4.74. The standard InChI is InChI=1S/C22H34N2O3/c1-3-23-18-16-22(13-5-4-6-14-22)24(17-18)21(25)8-7-15-27-20-11-9-19(26-2)10-12-20/h9-12,18,23H,3-8,13-17H2,1-2H3/t18-/m0/s1. The molecule has 1 heterocycles. The van der Waals surface area contributed by atoms with Crippen molar-refractivity contribution in [3.05, 3.63) is 24.3 Å². The fourth-order valence-corrected chi connectivity index (χ4v) is 4.74. The molecular weight excluding hydrogens is 340 g/mol. The van der Waals surface area contributed by atoms with E-state index >= 15 is 0 Å². The molecule has 2 fully saturated rings. The number of carbonyl (C=O) groups is 1. The summed E-state index contributed by atoms with van der Waals surface area (Å²) >= 11 is 0. The number of ether oxygens (including phenoxy) is 2. The molecule has 2 aliphatic rings. The van der Waals surface area contributed by atoms with Crippen molar-refractivity contribution in [2.24, 2.45) is 0 Å². The second-order valence-electron chi connectivity index (χ2n) is 7.88. The number of amides is 1. The molecule has 27 heavy (non-hydrogen) atoms. The highest BCUT2D eigenvalue weighted by atomic mass is 16.5. The molecule has 5 nitrogen and oxygen atoms in total. The number of carbonyl (C=O) groups excluding carboxylic acids is 1. The van der Waals surface area contributed by atoms with Gasteiger partial charge >= 0.3 is 0 Å². The van der Waals surface area contributed by atoms with Crippen LogP contribution in [0.5, 0.6) is 11.5 Å². The quantitative estimate of drug-likeness (QED) is 0.704. The Hall–Kier alpha value is -1.75. The van der Waals surface area contributed by atoms with E-state index in [4.69, 9.17) is 9.47 Å². The molecule has 1 amide bonds. The van der Waals surface area contributed by atoms with Crippen LogP contribution in [-0.2, 0) is 4.79 Å². The van der Waals surface area contributed by atoms with Gasteiger partial charge in [-0.25, -0.2) is 0 Å². The molecule has 1 saturated heterocycles. The molecule has 0 unspecified atom stereocenters. The minimum absolute atomic E-state index is 0.110. The second-order valence-corrected chi connectivity index (χ2v) is 7.88. The van der Waals surface area contributed by atoms with Crippen LogP contribution in [0.15, 0.2) is 24.3 Å². The van der Waals surface area contributed by atoms with Crippen LogP contribution in [0.3, 0.4) is 0 Å². The van der Waals surface area contributed by atoms with Gasteiger partial charge in [-0.15, -0.1) is 0 Å². The highest BCUT2D eigenvalue weighted by molar-refractivity contribution is 5.77. The molecule has 1 N–H and O–H groups in total. The predicted molar refractivity (Wildman–Crippen MR) is 107 cm³/mol. The topological polar surface area (TPSA) is 50.8 Å². The lowest BCUT2D eigenvalue weighted by molar-refractivity contribution is -0.136. The number of nitrogens with zero attached hydrogens (tertiary/aromatic N) is 1. The molecular formula is C22H34N2O3. The third-order valence-electron chi connectivity index (χ3n) is 6.04. The van der Waals surface area contributed by atoms with Crippen LogP contribution in [0.2, 0.25) is 0 Å². The lowest BCUT2D eigenvalue weighted by Gasteiger charge is -2.41. The molecule has 1 aliphatic heterocycles. The van der Waals surface area contributed by atoms with Crippen LogP contribution in [0.1, 0.15) is 58.3 Å². The van der Waals surface area contributed by atoms with E-state index in [9.17, 15) is 4.79 Å². The molecule has 0 radical (unpaired) electrons. The van der Waals surface area contributed by atoms with Crippen LogP contribution < -0.4 is 14.8 Å². The van der Waals surface area contributed by atoms with Gasteiger partial charge in [-0.1, -0.05) is 26.2 Å². The average Bonchev–Trinajstić information content (AvgIpc) is 3.03. The second kappa shape index (κ2) is 9.45. The first-order valence-corrected chi connectivity index (χ1v) is 10.5. The molecule has 0 bridgehead atoms. The average molecular weight is 375 g/mol. The highest BCUT2D eigenvalue weighted by Gasteiger charge is 2.47. The third kappa shape index (κ3) is 4.95. The summed E-state index contributed by atoms with van der Waals surface area (Å²) in [4.78, 5) is 15.2. The Balaban J connectivity index is 1.49.